The van der Waals surface area contributed by atoms with Crippen LogP contribution in [0.25, 0.3) is 0 Å². The maximum atomic E-state index is 11.3. The zero-order chi connectivity index (χ0) is 15.6. The third-order valence-electron chi connectivity index (χ3n) is 2.57. The smallest absolute Gasteiger partial charge is 0.335 e. The van der Waals surface area contributed by atoms with Gasteiger partial charge in [0.1, 0.15) is 5.03 Å². The maximum Gasteiger partial charge on any atom is 0.335 e. The van der Waals surface area contributed by atoms with Crippen LogP contribution in [0.4, 0.5) is 0 Å². The van der Waals surface area contributed by atoms with Gasteiger partial charge in [0.25, 0.3) is 0 Å². The summed E-state index contributed by atoms with van der Waals surface area (Å²) in [5.41, 5.74) is 0.776. The zero-order valence-corrected chi connectivity index (χ0v) is 14.5. The molecule has 0 aliphatic carbocycles. The van der Waals surface area contributed by atoms with E-state index in [1.807, 2.05) is 27.0 Å². The Morgan fingerprint density at radius 2 is 1.90 bits per heavy atom. The molecule has 0 fully saturated rings. The van der Waals surface area contributed by atoms with Crippen molar-refractivity contribution in [2.75, 3.05) is 6.26 Å². The van der Waals surface area contributed by atoms with Crippen LogP contribution in [0.3, 0.4) is 0 Å². The van der Waals surface area contributed by atoms with Crippen LogP contribution in [0.2, 0.25) is 0 Å². The minimum atomic E-state index is -0.952. The Morgan fingerprint density at radius 3 is 2.43 bits per heavy atom. The van der Waals surface area contributed by atoms with Crippen LogP contribution in [0.15, 0.2) is 25.8 Å². The van der Waals surface area contributed by atoms with E-state index in [0.717, 1.165) is 14.4 Å². The molecule has 1 N–H and O–H groups in total. The Labute approximate surface area is 135 Å². The molecule has 2 aromatic heterocycles. The lowest BCUT2D eigenvalue weighted by Gasteiger charge is -2.18. The number of thioether (sulfide) groups is 1. The van der Waals surface area contributed by atoms with E-state index in [4.69, 9.17) is 0 Å². The topological polar surface area (TPSA) is 76.0 Å². The Kier molecular flexibility index (Phi) is 4.90. The average molecular weight is 341 g/mol. The van der Waals surface area contributed by atoms with Crippen molar-refractivity contribution in [1.82, 2.24) is 15.2 Å². The van der Waals surface area contributed by atoms with Gasteiger partial charge in [-0.3, -0.25) is 0 Å². The highest BCUT2D eigenvalue weighted by Gasteiger charge is 2.20. The second kappa shape index (κ2) is 6.33. The number of aromatic nitrogens is 3. The molecule has 21 heavy (non-hydrogen) atoms. The van der Waals surface area contributed by atoms with E-state index in [0.29, 0.717) is 5.03 Å². The van der Waals surface area contributed by atoms with Gasteiger partial charge in [-0.05, 0) is 30.2 Å². The standard InChI is InChI=1S/C13H15N3O2S3/c1-13(2,3)8-5-7(10(17)18)6-9(14-8)20-12-16-15-11(19-4)21-12/h5-6H,1-4H3,(H,17,18). The van der Waals surface area contributed by atoms with Crippen LogP contribution < -0.4 is 0 Å². The summed E-state index contributed by atoms with van der Waals surface area (Å²) in [6, 6.07) is 3.20. The minimum absolute atomic E-state index is 0.216. The molecule has 0 aromatic carbocycles. The number of hydrogen-bond acceptors (Lipinski definition) is 7. The van der Waals surface area contributed by atoms with Gasteiger partial charge in [-0.2, -0.15) is 0 Å². The van der Waals surface area contributed by atoms with Crippen LogP contribution in [-0.4, -0.2) is 32.5 Å². The Hall–Kier alpha value is -1.12. The molecule has 5 nitrogen and oxygen atoms in total. The van der Waals surface area contributed by atoms with Crippen molar-refractivity contribution in [2.45, 2.75) is 39.9 Å². The summed E-state index contributed by atoms with van der Waals surface area (Å²) in [6.45, 7) is 6.02. The number of carboxylic acids is 1. The lowest BCUT2D eigenvalue weighted by Crippen LogP contribution is -2.15. The van der Waals surface area contributed by atoms with E-state index in [1.54, 1.807) is 12.1 Å². The van der Waals surface area contributed by atoms with Gasteiger partial charge in [0.2, 0.25) is 0 Å². The molecule has 112 valence electrons. The number of pyridine rings is 1. The summed E-state index contributed by atoms with van der Waals surface area (Å²) in [5, 5.41) is 18.0. The summed E-state index contributed by atoms with van der Waals surface area (Å²) in [7, 11) is 0. The first-order chi connectivity index (χ1) is 9.79. The van der Waals surface area contributed by atoms with E-state index < -0.39 is 5.97 Å². The first-order valence-corrected chi connectivity index (χ1v) is 8.96. The molecule has 0 radical (unpaired) electrons. The molecule has 2 rings (SSSR count). The van der Waals surface area contributed by atoms with Gasteiger partial charge in [0.05, 0.1) is 5.56 Å². The van der Waals surface area contributed by atoms with Gasteiger partial charge >= 0.3 is 5.97 Å². The molecule has 0 spiro atoms. The van der Waals surface area contributed by atoms with Crippen LogP contribution in [-0.2, 0) is 5.41 Å². The Morgan fingerprint density at radius 1 is 1.24 bits per heavy atom. The van der Waals surface area contributed by atoms with Crippen LogP contribution >= 0.6 is 34.9 Å². The molecular weight excluding hydrogens is 326 g/mol. The molecular formula is C13H15N3O2S3. The highest BCUT2D eigenvalue weighted by atomic mass is 32.2. The predicted molar refractivity (Wildman–Crippen MR) is 85.7 cm³/mol. The molecule has 0 atom stereocenters. The largest absolute Gasteiger partial charge is 0.478 e. The molecule has 0 aliphatic heterocycles. The molecule has 0 unspecified atom stereocenters. The monoisotopic (exact) mass is 341 g/mol. The average Bonchev–Trinajstić information content (AvgIpc) is 2.85. The van der Waals surface area contributed by atoms with E-state index in [9.17, 15) is 9.90 Å². The van der Waals surface area contributed by atoms with Gasteiger partial charge in [0, 0.05) is 11.1 Å². The van der Waals surface area contributed by atoms with Crippen molar-refractivity contribution in [3.05, 3.63) is 23.4 Å². The highest BCUT2D eigenvalue weighted by molar-refractivity contribution is 8.02. The van der Waals surface area contributed by atoms with Crippen molar-refractivity contribution in [1.29, 1.82) is 0 Å². The van der Waals surface area contributed by atoms with Crippen molar-refractivity contribution in [3.63, 3.8) is 0 Å². The SMILES string of the molecule is CSc1nnc(Sc2cc(C(=O)O)cc(C(C)(C)C)n2)s1. The third-order valence-corrected chi connectivity index (χ3v) is 5.44. The Bertz CT molecular complexity index is 665. The third kappa shape index (κ3) is 4.18. The molecule has 0 saturated heterocycles. The first kappa shape index (κ1) is 16.3. The van der Waals surface area contributed by atoms with Gasteiger partial charge in [0.15, 0.2) is 8.68 Å². The van der Waals surface area contributed by atoms with E-state index in [2.05, 4.69) is 15.2 Å². The zero-order valence-electron chi connectivity index (χ0n) is 12.1. The van der Waals surface area contributed by atoms with E-state index in [1.165, 1.54) is 34.9 Å². The van der Waals surface area contributed by atoms with Crippen molar-refractivity contribution in [2.24, 2.45) is 0 Å². The van der Waals surface area contributed by atoms with Crippen LogP contribution in [0.5, 0.6) is 0 Å². The molecule has 2 aromatic rings. The van der Waals surface area contributed by atoms with E-state index >= 15 is 0 Å². The van der Waals surface area contributed by atoms with Gasteiger partial charge < -0.3 is 5.11 Å². The van der Waals surface area contributed by atoms with Crippen LogP contribution in [0, 0.1) is 0 Å². The van der Waals surface area contributed by atoms with E-state index in [-0.39, 0.29) is 11.0 Å². The highest BCUT2D eigenvalue weighted by Crippen LogP contribution is 2.33. The fraction of sp³-hybridized carbons (Fsp3) is 0.385. The summed E-state index contributed by atoms with van der Waals surface area (Å²) < 4.78 is 1.64. The lowest BCUT2D eigenvalue weighted by atomic mass is 9.91. The summed E-state index contributed by atoms with van der Waals surface area (Å²) in [4.78, 5) is 15.8. The number of carbonyl (C=O) groups is 1. The Balaban J connectivity index is 2.38. The normalized spacial score (nSPS) is 11.6. The number of hydrogen-bond donors (Lipinski definition) is 1. The fourth-order valence-electron chi connectivity index (χ4n) is 1.48. The second-order valence-electron chi connectivity index (χ2n) is 5.27. The number of aromatic carboxylic acids is 1. The van der Waals surface area contributed by atoms with Crippen LogP contribution in [0.1, 0.15) is 36.8 Å². The summed E-state index contributed by atoms with van der Waals surface area (Å²) in [5.74, 6) is -0.952. The van der Waals surface area contributed by atoms with Gasteiger partial charge in [-0.1, -0.05) is 43.9 Å². The number of nitrogens with zero attached hydrogens (tertiary/aromatic N) is 3. The maximum absolute atomic E-state index is 11.3. The number of carboxylic acid groups (broad SMARTS) is 1. The second-order valence-corrected chi connectivity index (χ2v) is 8.57. The van der Waals surface area contributed by atoms with Crippen molar-refractivity contribution >= 4 is 40.8 Å². The van der Waals surface area contributed by atoms with Gasteiger partial charge in [-0.15, -0.1) is 10.2 Å². The van der Waals surface area contributed by atoms with Crippen molar-refractivity contribution < 1.29 is 9.90 Å². The first-order valence-electron chi connectivity index (χ1n) is 6.11. The minimum Gasteiger partial charge on any atom is -0.478 e. The molecule has 0 aliphatic rings. The quantitative estimate of drug-likeness (QED) is 0.848. The molecule has 8 heteroatoms. The molecule has 2 heterocycles. The summed E-state index contributed by atoms with van der Waals surface area (Å²) >= 11 is 4.35. The van der Waals surface area contributed by atoms with Gasteiger partial charge in [-0.25, -0.2) is 9.78 Å². The molecule has 0 saturated carbocycles. The summed E-state index contributed by atoms with van der Waals surface area (Å²) in [6.07, 6.45) is 1.94. The van der Waals surface area contributed by atoms with Crippen molar-refractivity contribution in [3.8, 4) is 0 Å². The fourth-order valence-corrected chi connectivity index (χ4v) is 3.89. The molecule has 0 bridgehead atoms. The predicted octanol–water partition coefficient (Wildman–Crippen LogP) is 3.80. The molecule has 0 amide bonds. The lowest BCUT2D eigenvalue weighted by molar-refractivity contribution is 0.0696. The number of rotatable bonds is 4.